The fourth-order valence-electron chi connectivity index (χ4n) is 2.18. The van der Waals surface area contributed by atoms with Crippen molar-refractivity contribution in [2.24, 2.45) is 0 Å². The van der Waals surface area contributed by atoms with Crippen LogP contribution in [0.15, 0.2) is 54.6 Å². The van der Waals surface area contributed by atoms with Gasteiger partial charge in [-0.3, -0.25) is 0 Å². The molecule has 5 heteroatoms. The van der Waals surface area contributed by atoms with Gasteiger partial charge in [0.25, 0.3) is 0 Å². The predicted octanol–water partition coefficient (Wildman–Crippen LogP) is 2.65. The average Bonchev–Trinajstić information content (AvgIpc) is 2.53. The van der Waals surface area contributed by atoms with E-state index in [-0.39, 0.29) is 18.8 Å². The van der Waals surface area contributed by atoms with Gasteiger partial charge in [-0.1, -0.05) is 42.5 Å². The highest BCUT2D eigenvalue weighted by Gasteiger charge is 2.17. The summed E-state index contributed by atoms with van der Waals surface area (Å²) in [5.41, 5.74) is 1.62. The molecule has 2 aromatic carbocycles. The Balaban J connectivity index is 1.95. The van der Waals surface area contributed by atoms with Crippen LogP contribution < -0.4 is 0 Å². The normalized spacial score (nSPS) is 11.9. The van der Waals surface area contributed by atoms with Gasteiger partial charge in [-0.05, 0) is 29.7 Å². The fraction of sp³-hybridized carbons (Fsp3) is 0.235. The molecule has 0 spiro atoms. The summed E-state index contributed by atoms with van der Waals surface area (Å²) in [5.74, 6) is 0.179. The van der Waals surface area contributed by atoms with Gasteiger partial charge in [0, 0.05) is 6.54 Å². The molecule has 0 unspecified atom stereocenters. The molecule has 0 saturated heterocycles. The van der Waals surface area contributed by atoms with Crippen LogP contribution in [0.5, 0.6) is 5.75 Å². The number of hydrogen-bond acceptors (Lipinski definition) is 3. The lowest BCUT2D eigenvalue weighted by molar-refractivity contribution is 0.0973. The van der Waals surface area contributed by atoms with Crippen LogP contribution >= 0.6 is 0 Å². The van der Waals surface area contributed by atoms with Crippen molar-refractivity contribution < 1.29 is 20.1 Å². The molecule has 2 aromatic rings. The highest BCUT2D eigenvalue weighted by molar-refractivity contribution is 5.65. The number of phenolic OH excluding ortho intramolecular Hbond substituents is 1. The Morgan fingerprint density at radius 3 is 2.27 bits per heavy atom. The Morgan fingerprint density at radius 1 is 1.05 bits per heavy atom. The van der Waals surface area contributed by atoms with Crippen LogP contribution in [0.25, 0.3) is 0 Å². The molecule has 1 amide bonds. The SMILES string of the molecule is O=C(O)N(CCc1ccc(O)cc1)C[C@H](O)c1ccccc1. The van der Waals surface area contributed by atoms with Gasteiger partial charge in [0.15, 0.2) is 0 Å². The van der Waals surface area contributed by atoms with Gasteiger partial charge in [0.05, 0.1) is 12.6 Å². The summed E-state index contributed by atoms with van der Waals surface area (Å²) in [7, 11) is 0. The van der Waals surface area contributed by atoms with Crippen LogP contribution in [0.2, 0.25) is 0 Å². The average molecular weight is 301 g/mol. The lowest BCUT2D eigenvalue weighted by Crippen LogP contribution is -2.35. The molecule has 1 atom stereocenters. The minimum absolute atomic E-state index is 0.0252. The van der Waals surface area contributed by atoms with E-state index >= 15 is 0 Å². The van der Waals surface area contributed by atoms with Gasteiger partial charge < -0.3 is 20.2 Å². The van der Waals surface area contributed by atoms with Crippen LogP contribution in [0.4, 0.5) is 4.79 Å². The van der Waals surface area contributed by atoms with E-state index < -0.39 is 12.2 Å². The van der Waals surface area contributed by atoms with Gasteiger partial charge in [0.1, 0.15) is 5.75 Å². The topological polar surface area (TPSA) is 81.0 Å². The van der Waals surface area contributed by atoms with Crippen molar-refractivity contribution in [2.45, 2.75) is 12.5 Å². The number of hydrogen-bond donors (Lipinski definition) is 3. The quantitative estimate of drug-likeness (QED) is 0.766. The minimum Gasteiger partial charge on any atom is -0.508 e. The maximum Gasteiger partial charge on any atom is 0.407 e. The van der Waals surface area contributed by atoms with Gasteiger partial charge in [-0.15, -0.1) is 0 Å². The molecule has 0 saturated carbocycles. The lowest BCUT2D eigenvalue weighted by atomic mass is 10.1. The maximum absolute atomic E-state index is 11.3. The third kappa shape index (κ3) is 4.49. The largest absolute Gasteiger partial charge is 0.508 e. The second-order valence-corrected chi connectivity index (χ2v) is 5.07. The number of aromatic hydroxyl groups is 1. The first-order chi connectivity index (χ1) is 10.6. The third-order valence-electron chi connectivity index (χ3n) is 3.45. The monoisotopic (exact) mass is 301 g/mol. The Hall–Kier alpha value is -2.53. The first-order valence-corrected chi connectivity index (χ1v) is 7.05. The molecule has 0 aliphatic rings. The van der Waals surface area contributed by atoms with Crippen LogP contribution in [0, 0.1) is 0 Å². The molecule has 0 bridgehead atoms. The van der Waals surface area contributed by atoms with Gasteiger partial charge >= 0.3 is 6.09 Å². The number of phenols is 1. The van der Waals surface area contributed by atoms with Crippen molar-refractivity contribution in [1.29, 1.82) is 0 Å². The number of carbonyl (C=O) groups is 1. The number of rotatable bonds is 6. The molecule has 116 valence electrons. The van der Waals surface area contributed by atoms with Crippen molar-refractivity contribution in [3.05, 3.63) is 65.7 Å². The van der Waals surface area contributed by atoms with E-state index in [1.807, 2.05) is 6.07 Å². The van der Waals surface area contributed by atoms with E-state index in [9.17, 15) is 20.1 Å². The molecule has 22 heavy (non-hydrogen) atoms. The smallest absolute Gasteiger partial charge is 0.407 e. The van der Waals surface area contributed by atoms with Crippen LogP contribution in [0.3, 0.4) is 0 Å². The number of amides is 1. The number of aliphatic hydroxyl groups is 1. The summed E-state index contributed by atoms with van der Waals surface area (Å²) in [6.07, 6.45) is -1.39. The van der Waals surface area contributed by atoms with Crippen molar-refractivity contribution in [2.75, 3.05) is 13.1 Å². The molecule has 2 rings (SSSR count). The highest BCUT2D eigenvalue weighted by atomic mass is 16.4. The number of aliphatic hydroxyl groups excluding tert-OH is 1. The molecule has 3 N–H and O–H groups in total. The van der Waals surface area contributed by atoms with Gasteiger partial charge in [-0.2, -0.15) is 0 Å². The van der Waals surface area contributed by atoms with Gasteiger partial charge in [0.2, 0.25) is 0 Å². The molecular weight excluding hydrogens is 282 g/mol. The summed E-state index contributed by atoms with van der Waals surface area (Å²) >= 11 is 0. The second-order valence-electron chi connectivity index (χ2n) is 5.07. The summed E-state index contributed by atoms with van der Waals surface area (Å²) < 4.78 is 0. The number of nitrogens with zero attached hydrogens (tertiary/aromatic N) is 1. The van der Waals surface area contributed by atoms with Crippen molar-refractivity contribution in [1.82, 2.24) is 4.90 Å². The highest BCUT2D eigenvalue weighted by Crippen LogP contribution is 2.15. The molecular formula is C17H19NO4. The standard InChI is InChI=1S/C17H19NO4/c19-15-8-6-13(7-9-15)10-11-18(17(21)22)12-16(20)14-4-2-1-3-5-14/h1-9,16,19-20H,10-12H2,(H,21,22)/t16-/m0/s1. The fourth-order valence-corrected chi connectivity index (χ4v) is 2.18. The second kappa shape index (κ2) is 7.47. The number of benzene rings is 2. The Kier molecular flexibility index (Phi) is 5.38. The van der Waals surface area contributed by atoms with Crippen LogP contribution in [-0.2, 0) is 6.42 Å². The zero-order valence-electron chi connectivity index (χ0n) is 12.1. The lowest BCUT2D eigenvalue weighted by Gasteiger charge is -2.22. The Morgan fingerprint density at radius 2 is 1.68 bits per heavy atom. The van der Waals surface area contributed by atoms with Crippen LogP contribution in [0.1, 0.15) is 17.2 Å². The van der Waals surface area contributed by atoms with Gasteiger partial charge in [-0.25, -0.2) is 4.79 Å². The third-order valence-corrected chi connectivity index (χ3v) is 3.45. The zero-order valence-corrected chi connectivity index (χ0v) is 12.1. The van der Waals surface area contributed by atoms with Crippen molar-refractivity contribution in [3.63, 3.8) is 0 Å². The molecule has 0 fully saturated rings. The number of carboxylic acid groups (broad SMARTS) is 1. The molecule has 0 aliphatic heterocycles. The summed E-state index contributed by atoms with van der Waals surface area (Å²) in [5, 5.41) is 28.6. The predicted molar refractivity (Wildman–Crippen MR) is 82.8 cm³/mol. The molecule has 0 radical (unpaired) electrons. The van der Waals surface area contributed by atoms with E-state index in [0.29, 0.717) is 12.0 Å². The van der Waals surface area contributed by atoms with Crippen molar-refractivity contribution in [3.8, 4) is 5.75 Å². The molecule has 0 aliphatic carbocycles. The van der Waals surface area contributed by atoms with Crippen LogP contribution in [-0.4, -0.2) is 39.4 Å². The Labute approximate surface area is 129 Å². The summed E-state index contributed by atoms with van der Waals surface area (Å²) in [4.78, 5) is 12.5. The van der Waals surface area contributed by atoms with E-state index in [0.717, 1.165) is 5.56 Å². The summed E-state index contributed by atoms with van der Waals surface area (Å²) in [6, 6.07) is 15.6. The molecule has 0 heterocycles. The molecule has 5 nitrogen and oxygen atoms in total. The van der Waals surface area contributed by atoms with E-state index in [1.54, 1.807) is 48.5 Å². The first-order valence-electron chi connectivity index (χ1n) is 7.05. The molecule has 0 aromatic heterocycles. The van der Waals surface area contributed by atoms with E-state index in [2.05, 4.69) is 0 Å². The minimum atomic E-state index is -1.06. The van der Waals surface area contributed by atoms with E-state index in [1.165, 1.54) is 4.90 Å². The first kappa shape index (κ1) is 15.9. The summed E-state index contributed by atoms with van der Waals surface area (Å²) in [6.45, 7) is 0.307. The Bertz CT molecular complexity index is 598. The zero-order chi connectivity index (χ0) is 15.9. The van der Waals surface area contributed by atoms with Crippen molar-refractivity contribution >= 4 is 6.09 Å². The van der Waals surface area contributed by atoms with E-state index in [4.69, 9.17) is 0 Å². The maximum atomic E-state index is 11.3.